The van der Waals surface area contributed by atoms with Gasteiger partial charge in [-0.25, -0.2) is 18.1 Å². The number of rotatable bonds is 11. The van der Waals surface area contributed by atoms with Crippen LogP contribution in [0.25, 0.3) is 22.4 Å². The quantitative estimate of drug-likeness (QED) is 0.397. The van der Waals surface area contributed by atoms with Crippen molar-refractivity contribution in [1.29, 1.82) is 0 Å². The molecule has 196 valence electrons. The Hall–Kier alpha value is -2.76. The number of nitrogens with one attached hydrogen (secondary N) is 2. The van der Waals surface area contributed by atoms with Crippen LogP contribution in [0.2, 0.25) is 0 Å². The number of benzene rings is 1. The van der Waals surface area contributed by atoms with Gasteiger partial charge in [0.25, 0.3) is 5.56 Å². The highest BCUT2D eigenvalue weighted by molar-refractivity contribution is 7.89. The number of likely N-dealkylation sites (tertiary alicyclic amines) is 1. The molecule has 0 bridgehead atoms. The van der Waals surface area contributed by atoms with Crippen LogP contribution in [0, 0.1) is 0 Å². The third-order valence-electron chi connectivity index (χ3n) is 6.08. The van der Waals surface area contributed by atoms with Crippen molar-refractivity contribution in [1.82, 2.24) is 29.4 Å². The Bertz CT molecular complexity index is 1610. The summed E-state index contributed by atoms with van der Waals surface area (Å²) >= 11 is 0. The van der Waals surface area contributed by atoms with Crippen molar-refractivity contribution >= 4 is 21.1 Å². The maximum atomic E-state index is 13.4. The number of nitrogens with zero attached hydrogens (tertiary/aromatic N) is 4. The molecule has 11 heteroatoms. The fourth-order valence-electron chi connectivity index (χ4n) is 4.21. The molecule has 1 aromatic carbocycles. The fraction of sp³-hybridized carbons (Fsp3) is 0.560. The normalized spacial score (nSPS) is 20.8. The lowest BCUT2D eigenvalue weighted by Gasteiger charge is -2.19. The van der Waals surface area contributed by atoms with Crippen LogP contribution in [0.3, 0.4) is 0 Å². The smallest absolute Gasteiger partial charge is 0.277 e. The number of fused-ring (bicyclic) bond motifs is 1. The zero-order valence-corrected chi connectivity index (χ0v) is 21.5. The van der Waals surface area contributed by atoms with Crippen LogP contribution >= 0.6 is 0 Å². The molecule has 1 aliphatic heterocycles. The Balaban J connectivity index is 1.81. The minimum atomic E-state index is -4.40. The lowest BCUT2D eigenvalue weighted by atomic mass is 10.1. The zero-order valence-electron chi connectivity index (χ0n) is 26.7. The summed E-state index contributed by atoms with van der Waals surface area (Å²) in [7, 11) is -2.66. The second kappa shape index (κ2) is 11.1. The van der Waals surface area contributed by atoms with E-state index in [1.54, 1.807) is 11.9 Å². The molecule has 0 amide bonds. The molecule has 0 aliphatic carbocycles. The van der Waals surface area contributed by atoms with Crippen LogP contribution in [0.1, 0.15) is 59.8 Å². The van der Waals surface area contributed by atoms with Crippen LogP contribution in [0.4, 0.5) is 0 Å². The topological polar surface area (TPSA) is 122 Å². The summed E-state index contributed by atoms with van der Waals surface area (Å²) in [5, 5.41) is 4.14. The molecule has 0 spiro atoms. The van der Waals surface area contributed by atoms with Crippen molar-refractivity contribution in [3.8, 4) is 17.1 Å². The van der Waals surface area contributed by atoms with Gasteiger partial charge < -0.3 is 14.6 Å². The molecule has 1 aliphatic rings. The Morgan fingerprint density at radius 2 is 2.17 bits per heavy atom. The third-order valence-corrected chi connectivity index (χ3v) is 7.38. The van der Waals surface area contributed by atoms with E-state index in [1.165, 1.54) is 18.2 Å². The van der Waals surface area contributed by atoms with Crippen LogP contribution in [-0.4, -0.2) is 65.8 Å². The molecular formula is C25H36N6O4S. The van der Waals surface area contributed by atoms with E-state index in [2.05, 4.69) is 19.8 Å². The predicted octanol–water partition coefficient (Wildman–Crippen LogP) is 2.83. The molecule has 1 saturated heterocycles. The molecule has 3 aromatic rings. The number of H-pyrrole nitrogens is 1. The average Bonchev–Trinajstić information content (AvgIpc) is 3.51. The standard InChI is InChI=1S/C25H36N6O4S/c1-5-8-20-22-23(31(4)29-20)25(32)28-24(27-22)19-16-18(10-11-21(19)35-15-6-2)36(33,34)26-13-12-17-9-7-14-30(17)3/h10-11,16-17,26H,5-9,12-15H2,1-4H3,(H,27,28,32)/i4D3,12D2,13D. The molecule has 4 rings (SSSR count). The molecule has 0 radical (unpaired) electrons. The Morgan fingerprint density at radius 1 is 1.33 bits per heavy atom. The van der Waals surface area contributed by atoms with Crippen LogP contribution in [-0.2, 0) is 23.4 Å². The monoisotopic (exact) mass is 522 g/mol. The average molecular weight is 523 g/mol. The molecule has 2 N–H and O–H groups in total. The molecule has 0 saturated carbocycles. The highest BCUT2D eigenvalue weighted by Crippen LogP contribution is 2.31. The molecule has 2 aromatic heterocycles. The van der Waals surface area contributed by atoms with Gasteiger partial charge in [0.2, 0.25) is 10.0 Å². The van der Waals surface area contributed by atoms with Gasteiger partial charge in [-0.05, 0) is 63.8 Å². The number of ether oxygens (including phenoxy) is 1. The molecule has 36 heavy (non-hydrogen) atoms. The van der Waals surface area contributed by atoms with Gasteiger partial charge in [0, 0.05) is 27.8 Å². The Kier molecular flexibility index (Phi) is 5.97. The largest absolute Gasteiger partial charge is 0.493 e. The summed E-state index contributed by atoms with van der Waals surface area (Å²) in [6.07, 6.45) is 0.705. The van der Waals surface area contributed by atoms with Gasteiger partial charge in [0.05, 0.1) is 22.8 Å². The molecule has 2 atom stereocenters. The number of hydrogen-bond donors (Lipinski definition) is 2. The number of aromatic nitrogens is 4. The van der Waals surface area contributed by atoms with Gasteiger partial charge in [-0.3, -0.25) is 9.48 Å². The SMILES string of the molecule is [2H]C(NS(=O)(=O)c1ccc(OCCC)c(-c2nc3c(CCC)nn(C([2H])([2H])[2H])c3c(=O)[nH]2)c1)C([2H])([2H])C1CCCN1C. The summed E-state index contributed by atoms with van der Waals surface area (Å²) in [5.41, 5.74) is -0.475. The second-order valence-corrected chi connectivity index (χ2v) is 10.5. The minimum Gasteiger partial charge on any atom is -0.493 e. The second-order valence-electron chi connectivity index (χ2n) is 8.80. The minimum absolute atomic E-state index is 0.0524. The molecule has 3 heterocycles. The molecule has 2 unspecified atom stereocenters. The van der Waals surface area contributed by atoms with Crippen molar-refractivity contribution in [2.45, 2.75) is 63.3 Å². The number of hydrogen-bond acceptors (Lipinski definition) is 7. The maximum Gasteiger partial charge on any atom is 0.277 e. The third kappa shape index (κ3) is 5.47. The van der Waals surface area contributed by atoms with Gasteiger partial charge in [0.15, 0.2) is 5.52 Å². The van der Waals surface area contributed by atoms with E-state index in [1.807, 2.05) is 13.8 Å². The van der Waals surface area contributed by atoms with Gasteiger partial charge in [0.1, 0.15) is 17.1 Å². The first kappa shape index (κ1) is 19.4. The van der Waals surface area contributed by atoms with Crippen molar-refractivity contribution in [2.75, 3.05) is 26.7 Å². The van der Waals surface area contributed by atoms with Crippen molar-refractivity contribution < 1.29 is 21.4 Å². The maximum absolute atomic E-state index is 13.4. The molecule has 1 fully saturated rings. The lowest BCUT2D eigenvalue weighted by molar-refractivity contribution is 0.297. The Labute approximate surface area is 220 Å². The van der Waals surface area contributed by atoms with E-state index in [4.69, 9.17) is 13.0 Å². The highest BCUT2D eigenvalue weighted by Gasteiger charge is 2.23. The Morgan fingerprint density at radius 3 is 2.86 bits per heavy atom. The van der Waals surface area contributed by atoms with E-state index in [0.29, 0.717) is 42.6 Å². The number of aryl methyl sites for hydroxylation is 2. The summed E-state index contributed by atoms with van der Waals surface area (Å²) in [4.78, 5) is 21.8. The first-order valence-corrected chi connectivity index (χ1v) is 13.5. The van der Waals surface area contributed by atoms with E-state index < -0.39 is 41.5 Å². The van der Waals surface area contributed by atoms with E-state index >= 15 is 0 Å². The molecular weight excluding hydrogens is 480 g/mol. The van der Waals surface area contributed by atoms with Gasteiger partial charge in [-0.15, -0.1) is 0 Å². The fourth-order valence-corrected chi connectivity index (χ4v) is 5.09. The first-order valence-electron chi connectivity index (χ1n) is 15.1. The number of sulfonamides is 1. The molecule has 10 nitrogen and oxygen atoms in total. The summed E-state index contributed by atoms with van der Waals surface area (Å²) in [5.74, 6) is 0.173. The number of aromatic amines is 1. The van der Waals surface area contributed by atoms with Crippen LogP contribution in [0.15, 0.2) is 27.9 Å². The van der Waals surface area contributed by atoms with Gasteiger partial charge in [-0.1, -0.05) is 20.3 Å². The zero-order chi connectivity index (χ0) is 31.0. The van der Waals surface area contributed by atoms with Gasteiger partial charge in [-0.2, -0.15) is 5.10 Å². The van der Waals surface area contributed by atoms with Gasteiger partial charge >= 0.3 is 0 Å². The lowest BCUT2D eigenvalue weighted by Crippen LogP contribution is -2.31. The van der Waals surface area contributed by atoms with Crippen LogP contribution < -0.4 is 15.0 Å². The van der Waals surface area contributed by atoms with E-state index in [-0.39, 0.29) is 39.7 Å². The van der Waals surface area contributed by atoms with Crippen molar-refractivity contribution in [3.63, 3.8) is 0 Å². The van der Waals surface area contributed by atoms with Crippen molar-refractivity contribution in [3.05, 3.63) is 34.2 Å². The summed E-state index contributed by atoms with van der Waals surface area (Å²) < 4.78 is 84.2. The summed E-state index contributed by atoms with van der Waals surface area (Å²) in [6.45, 7) is 0.196. The summed E-state index contributed by atoms with van der Waals surface area (Å²) in [6, 6.07) is 3.29. The highest BCUT2D eigenvalue weighted by atomic mass is 32.2. The van der Waals surface area contributed by atoms with Crippen LogP contribution in [0.5, 0.6) is 5.75 Å². The van der Waals surface area contributed by atoms with E-state index in [0.717, 1.165) is 6.42 Å². The van der Waals surface area contributed by atoms with Crippen molar-refractivity contribution in [2.24, 2.45) is 6.98 Å². The first-order chi connectivity index (χ1) is 19.6. The predicted molar refractivity (Wildman–Crippen MR) is 140 cm³/mol. The van der Waals surface area contributed by atoms with E-state index in [9.17, 15) is 13.2 Å².